The number of anilines is 1. The van der Waals surface area contributed by atoms with Crippen molar-refractivity contribution in [2.45, 2.75) is 31.8 Å². The van der Waals surface area contributed by atoms with E-state index < -0.39 is 27.8 Å². The monoisotopic (exact) mass is 409 g/mol. The van der Waals surface area contributed by atoms with Crippen LogP contribution in [0.4, 0.5) is 5.69 Å². The van der Waals surface area contributed by atoms with E-state index in [4.69, 9.17) is 16.3 Å². The van der Waals surface area contributed by atoms with Crippen LogP contribution in [0.3, 0.4) is 0 Å². The minimum Gasteiger partial charge on any atom is -0.449 e. The fourth-order valence-corrected chi connectivity index (χ4v) is 3.13. The average Bonchev–Trinajstić information content (AvgIpc) is 2.58. The summed E-state index contributed by atoms with van der Waals surface area (Å²) >= 11 is 6.02. The van der Waals surface area contributed by atoms with E-state index in [1.165, 1.54) is 25.1 Å². The molecule has 0 aliphatic heterocycles. The van der Waals surface area contributed by atoms with Crippen molar-refractivity contribution in [1.29, 1.82) is 0 Å². The smallest absolute Gasteiger partial charge is 0.339 e. The van der Waals surface area contributed by atoms with E-state index >= 15 is 0 Å². The van der Waals surface area contributed by atoms with E-state index in [0.717, 1.165) is 6.26 Å². The Labute approximate surface area is 163 Å². The zero-order valence-electron chi connectivity index (χ0n) is 15.4. The molecule has 1 N–H and O–H groups in total. The molecule has 0 radical (unpaired) electrons. The molecule has 6 nitrogen and oxygen atoms in total. The van der Waals surface area contributed by atoms with E-state index in [1.54, 1.807) is 32.0 Å². The predicted molar refractivity (Wildman–Crippen MR) is 104 cm³/mol. The lowest BCUT2D eigenvalue weighted by molar-refractivity contribution is -0.123. The van der Waals surface area contributed by atoms with Gasteiger partial charge in [0.1, 0.15) is 0 Å². The molecule has 0 unspecified atom stereocenters. The second kappa shape index (κ2) is 8.10. The van der Waals surface area contributed by atoms with Crippen LogP contribution in [0.1, 0.15) is 28.4 Å². The van der Waals surface area contributed by atoms with Gasteiger partial charge in [0.25, 0.3) is 5.91 Å². The van der Waals surface area contributed by atoms with Crippen molar-refractivity contribution < 1.29 is 22.7 Å². The molecule has 0 heterocycles. The van der Waals surface area contributed by atoms with Crippen molar-refractivity contribution in [2.24, 2.45) is 0 Å². The van der Waals surface area contributed by atoms with Crippen molar-refractivity contribution in [3.63, 3.8) is 0 Å². The van der Waals surface area contributed by atoms with Crippen LogP contribution >= 0.6 is 11.6 Å². The summed E-state index contributed by atoms with van der Waals surface area (Å²) in [7, 11) is -3.47. The number of rotatable bonds is 5. The van der Waals surface area contributed by atoms with Gasteiger partial charge in [-0.3, -0.25) is 4.79 Å². The summed E-state index contributed by atoms with van der Waals surface area (Å²) in [5.74, 6) is -1.30. The molecule has 0 aromatic heterocycles. The number of aryl methyl sites for hydroxylation is 1. The molecule has 144 valence electrons. The summed E-state index contributed by atoms with van der Waals surface area (Å²) in [6.07, 6.45) is -0.0342. The van der Waals surface area contributed by atoms with Gasteiger partial charge in [-0.2, -0.15) is 0 Å². The zero-order chi connectivity index (χ0) is 20.4. The number of hydrogen-bond donors (Lipinski definition) is 1. The van der Waals surface area contributed by atoms with Gasteiger partial charge in [-0.15, -0.1) is 0 Å². The lowest BCUT2D eigenvalue weighted by Gasteiger charge is -2.16. The first-order chi connectivity index (χ1) is 12.5. The minimum absolute atomic E-state index is 0.00621. The summed E-state index contributed by atoms with van der Waals surface area (Å²) in [6, 6.07) is 9.27. The number of esters is 1. The molecule has 0 fully saturated rings. The Morgan fingerprint density at radius 1 is 1.15 bits per heavy atom. The Morgan fingerprint density at radius 3 is 2.44 bits per heavy atom. The van der Waals surface area contributed by atoms with E-state index in [1.807, 2.05) is 0 Å². The predicted octanol–water partition coefficient (Wildman–Crippen LogP) is 3.54. The highest BCUT2D eigenvalue weighted by Crippen LogP contribution is 2.23. The molecule has 2 aromatic rings. The number of ether oxygens (including phenoxy) is 1. The van der Waals surface area contributed by atoms with Gasteiger partial charge in [0.15, 0.2) is 15.9 Å². The molecule has 0 bridgehead atoms. The third kappa shape index (κ3) is 5.08. The first kappa shape index (κ1) is 20.9. The van der Waals surface area contributed by atoms with Gasteiger partial charge in [-0.05, 0) is 56.2 Å². The minimum atomic E-state index is -3.47. The largest absolute Gasteiger partial charge is 0.449 e. The summed E-state index contributed by atoms with van der Waals surface area (Å²) in [5.41, 5.74) is 1.86. The summed E-state index contributed by atoms with van der Waals surface area (Å²) in [6.45, 7) is 4.85. The Kier molecular flexibility index (Phi) is 6.28. The number of carbonyl (C=O) groups is 2. The molecular formula is C19H20ClNO5S. The highest BCUT2D eigenvalue weighted by atomic mass is 35.5. The van der Waals surface area contributed by atoms with Crippen molar-refractivity contribution in [3.05, 3.63) is 58.1 Å². The maximum absolute atomic E-state index is 12.4. The van der Waals surface area contributed by atoms with E-state index in [0.29, 0.717) is 21.8 Å². The fraction of sp³-hybridized carbons (Fsp3) is 0.263. The number of halogens is 1. The van der Waals surface area contributed by atoms with E-state index in [9.17, 15) is 18.0 Å². The van der Waals surface area contributed by atoms with Crippen LogP contribution in [0.25, 0.3) is 0 Å². The van der Waals surface area contributed by atoms with Crippen LogP contribution in [-0.4, -0.2) is 32.7 Å². The normalized spacial score (nSPS) is 12.3. The van der Waals surface area contributed by atoms with Crippen LogP contribution in [-0.2, 0) is 19.4 Å². The summed E-state index contributed by atoms with van der Waals surface area (Å²) in [4.78, 5) is 24.7. The fourth-order valence-electron chi connectivity index (χ4n) is 2.31. The molecule has 2 aromatic carbocycles. The van der Waals surface area contributed by atoms with Gasteiger partial charge in [0.05, 0.1) is 10.5 Å². The maximum atomic E-state index is 12.4. The van der Waals surface area contributed by atoms with Crippen LogP contribution in [0.5, 0.6) is 0 Å². The highest BCUT2D eigenvalue weighted by molar-refractivity contribution is 7.90. The molecule has 1 amide bonds. The Balaban J connectivity index is 2.15. The number of hydrogen-bond acceptors (Lipinski definition) is 5. The van der Waals surface area contributed by atoms with E-state index in [2.05, 4.69) is 5.32 Å². The molecule has 0 spiro atoms. The zero-order valence-corrected chi connectivity index (χ0v) is 16.9. The van der Waals surface area contributed by atoms with Crippen LogP contribution in [0.15, 0.2) is 41.3 Å². The van der Waals surface area contributed by atoms with Crippen LogP contribution in [0, 0.1) is 13.8 Å². The summed E-state index contributed by atoms with van der Waals surface area (Å²) < 4.78 is 28.6. The molecule has 8 heteroatoms. The van der Waals surface area contributed by atoms with Crippen LogP contribution < -0.4 is 5.32 Å². The molecule has 1 atom stereocenters. The topological polar surface area (TPSA) is 89.5 Å². The quantitative estimate of drug-likeness (QED) is 0.763. The molecule has 0 saturated carbocycles. The van der Waals surface area contributed by atoms with Gasteiger partial charge in [-0.25, -0.2) is 13.2 Å². The van der Waals surface area contributed by atoms with Crippen molar-refractivity contribution in [2.75, 3.05) is 11.6 Å². The van der Waals surface area contributed by atoms with Crippen LogP contribution in [0.2, 0.25) is 5.02 Å². The SMILES string of the molecule is Cc1ccc(S(C)(=O)=O)cc1C(=O)O[C@@H](C)C(=O)Nc1cccc(Cl)c1C. The molecule has 27 heavy (non-hydrogen) atoms. The lowest BCUT2D eigenvalue weighted by atomic mass is 10.1. The number of amides is 1. The van der Waals surface area contributed by atoms with Gasteiger partial charge in [0.2, 0.25) is 0 Å². The van der Waals surface area contributed by atoms with Gasteiger partial charge in [0, 0.05) is 17.0 Å². The molecule has 0 aliphatic rings. The van der Waals surface area contributed by atoms with Crippen molar-refractivity contribution >= 4 is 39.0 Å². The number of nitrogens with one attached hydrogen (secondary N) is 1. The molecule has 0 aliphatic carbocycles. The highest BCUT2D eigenvalue weighted by Gasteiger charge is 2.22. The lowest BCUT2D eigenvalue weighted by Crippen LogP contribution is -2.30. The van der Waals surface area contributed by atoms with Gasteiger partial charge >= 0.3 is 5.97 Å². The van der Waals surface area contributed by atoms with Crippen molar-refractivity contribution in [3.8, 4) is 0 Å². The molecule has 0 saturated heterocycles. The Morgan fingerprint density at radius 2 is 1.81 bits per heavy atom. The van der Waals surface area contributed by atoms with Gasteiger partial charge in [-0.1, -0.05) is 23.7 Å². The van der Waals surface area contributed by atoms with Gasteiger partial charge < -0.3 is 10.1 Å². The number of sulfone groups is 1. The average molecular weight is 410 g/mol. The third-order valence-corrected chi connectivity index (χ3v) is 5.56. The van der Waals surface area contributed by atoms with Crippen molar-refractivity contribution in [1.82, 2.24) is 0 Å². The molecular weight excluding hydrogens is 390 g/mol. The first-order valence-electron chi connectivity index (χ1n) is 8.08. The standard InChI is InChI=1S/C19H20ClNO5S/c1-11-8-9-14(27(4,24)25)10-15(11)19(23)26-13(3)18(22)21-17-7-5-6-16(20)12(17)2/h5-10,13H,1-4H3,(H,21,22)/t13-/m0/s1. The maximum Gasteiger partial charge on any atom is 0.339 e. The first-order valence-corrected chi connectivity index (χ1v) is 10.4. The molecule has 2 rings (SSSR count). The number of carbonyl (C=O) groups excluding carboxylic acids is 2. The Hall–Kier alpha value is -2.38. The number of benzene rings is 2. The Bertz CT molecular complexity index is 1000. The van der Waals surface area contributed by atoms with E-state index in [-0.39, 0.29) is 10.5 Å². The summed E-state index contributed by atoms with van der Waals surface area (Å²) in [5, 5.41) is 3.17. The second-order valence-corrected chi connectivity index (χ2v) is 8.62. The third-order valence-electron chi connectivity index (χ3n) is 4.04. The second-order valence-electron chi connectivity index (χ2n) is 6.20.